The molecule has 0 saturated carbocycles. The first-order valence-corrected chi connectivity index (χ1v) is 8.55. The number of hydrogen-bond acceptors (Lipinski definition) is 4. The van der Waals surface area contributed by atoms with Crippen LogP contribution in [0, 0.1) is 0 Å². The number of sulfonamides is 1. The monoisotopic (exact) mass is 363 g/mol. The van der Waals surface area contributed by atoms with Gasteiger partial charge in [-0.1, -0.05) is 29.3 Å². The molecule has 1 aliphatic rings. The van der Waals surface area contributed by atoms with Crippen LogP contribution >= 0.6 is 23.2 Å². The van der Waals surface area contributed by atoms with Gasteiger partial charge in [-0.05, 0) is 39.0 Å². The summed E-state index contributed by atoms with van der Waals surface area (Å²) in [7, 11) is -4.14. The minimum atomic E-state index is -4.14. The van der Waals surface area contributed by atoms with Crippen LogP contribution in [0.4, 0.5) is 4.79 Å². The van der Waals surface area contributed by atoms with Crippen LogP contribution in [0.25, 0.3) is 0 Å². The highest BCUT2D eigenvalue weighted by Gasteiger charge is 2.36. The first-order chi connectivity index (χ1) is 10.0. The maximum atomic E-state index is 12.3. The smallest absolute Gasteiger partial charge is 0.298 e. The number of urea groups is 1. The lowest BCUT2D eigenvalue weighted by molar-refractivity contribution is 0.150. The zero-order chi connectivity index (χ0) is 16.7. The van der Waals surface area contributed by atoms with Gasteiger partial charge in [0.1, 0.15) is 4.90 Å². The van der Waals surface area contributed by atoms with E-state index in [0.29, 0.717) is 0 Å². The van der Waals surface area contributed by atoms with Crippen LogP contribution in [0.15, 0.2) is 34.9 Å². The topological polar surface area (TPSA) is 78.5 Å². The number of nitrogens with zero attached hydrogens (tertiary/aromatic N) is 1. The van der Waals surface area contributed by atoms with Gasteiger partial charge in [-0.25, -0.2) is 22.9 Å². The third-order valence-corrected chi connectivity index (χ3v) is 5.36. The first-order valence-electron chi connectivity index (χ1n) is 6.32. The molecular weight excluding hydrogens is 349 g/mol. The van der Waals surface area contributed by atoms with Crippen molar-refractivity contribution in [3.63, 3.8) is 0 Å². The van der Waals surface area contributed by atoms with Crippen molar-refractivity contribution in [2.24, 2.45) is 0 Å². The molecule has 0 atom stereocenters. The Morgan fingerprint density at radius 1 is 1.32 bits per heavy atom. The van der Waals surface area contributed by atoms with Crippen LogP contribution < -0.4 is 10.1 Å². The zero-order valence-corrected chi connectivity index (χ0v) is 14.5. The van der Waals surface area contributed by atoms with E-state index < -0.39 is 21.6 Å². The summed E-state index contributed by atoms with van der Waals surface area (Å²) < 4.78 is 26.6. The van der Waals surface area contributed by atoms with Gasteiger partial charge in [0.15, 0.2) is 0 Å². The molecule has 0 fully saturated rings. The lowest BCUT2D eigenvalue weighted by atomic mass is 10.1. The molecule has 120 valence electrons. The summed E-state index contributed by atoms with van der Waals surface area (Å²) in [5.74, 6) is 0. The summed E-state index contributed by atoms with van der Waals surface area (Å²) in [6, 6.07) is 3.37. The second-order valence-corrected chi connectivity index (χ2v) is 7.83. The molecule has 1 heterocycles. The van der Waals surface area contributed by atoms with Crippen LogP contribution in [0.3, 0.4) is 0 Å². The van der Waals surface area contributed by atoms with E-state index in [9.17, 15) is 13.2 Å². The van der Waals surface area contributed by atoms with Crippen LogP contribution in [0.5, 0.6) is 0 Å². The highest BCUT2D eigenvalue weighted by atomic mass is 35.5. The predicted octanol–water partition coefficient (Wildman–Crippen LogP) is 2.89. The van der Waals surface area contributed by atoms with E-state index in [1.165, 1.54) is 23.2 Å². The average molecular weight is 364 g/mol. The normalized spacial score (nSPS) is 17.0. The fourth-order valence-corrected chi connectivity index (χ4v) is 3.86. The molecule has 0 unspecified atom stereocenters. The minimum Gasteiger partial charge on any atom is -0.298 e. The summed E-state index contributed by atoms with van der Waals surface area (Å²) >= 11 is 11.7. The summed E-state index contributed by atoms with van der Waals surface area (Å²) in [6.07, 6.45) is 1.81. The van der Waals surface area contributed by atoms with E-state index in [-0.39, 0.29) is 14.9 Å². The van der Waals surface area contributed by atoms with Gasteiger partial charge in [-0.3, -0.25) is 5.43 Å². The maximum absolute atomic E-state index is 12.3. The van der Waals surface area contributed by atoms with Gasteiger partial charge in [0.05, 0.1) is 15.6 Å². The number of carbonyl (C=O) groups is 1. The third kappa shape index (κ3) is 3.16. The Bertz CT molecular complexity index is 760. The van der Waals surface area contributed by atoms with Crippen molar-refractivity contribution in [3.05, 3.63) is 40.0 Å². The van der Waals surface area contributed by atoms with Gasteiger partial charge in [0.2, 0.25) is 0 Å². The number of hydrogen-bond donors (Lipinski definition) is 2. The quantitative estimate of drug-likeness (QED) is 0.846. The SMILES string of the molecule is CC1=CC(C)(C)N(C(=O)NS(=O)(=O)c2cccc(Cl)c2Cl)N1. The first kappa shape index (κ1) is 16.9. The standard InChI is InChI=1S/C13H15Cl2N3O3S/c1-8-7-13(2,3)18(16-8)12(19)17-22(20,21)10-6-4-5-9(14)11(10)15/h4-7,16H,1-3H3,(H,17,19). The number of benzene rings is 1. The molecule has 9 heteroatoms. The molecule has 0 bridgehead atoms. The largest absolute Gasteiger partial charge is 0.350 e. The van der Waals surface area contributed by atoms with Crippen molar-refractivity contribution < 1.29 is 13.2 Å². The molecule has 1 aliphatic heterocycles. The van der Waals surface area contributed by atoms with Gasteiger partial charge >= 0.3 is 6.03 Å². The number of hydrazine groups is 1. The van der Waals surface area contributed by atoms with Crippen molar-refractivity contribution in [2.75, 3.05) is 0 Å². The molecule has 22 heavy (non-hydrogen) atoms. The van der Waals surface area contributed by atoms with Crippen molar-refractivity contribution in [1.29, 1.82) is 0 Å². The Kier molecular flexibility index (Phi) is 4.34. The van der Waals surface area contributed by atoms with Gasteiger partial charge in [0, 0.05) is 5.70 Å². The second-order valence-electron chi connectivity index (χ2n) is 5.39. The lowest BCUT2D eigenvalue weighted by Crippen LogP contribution is -2.54. The summed E-state index contributed by atoms with van der Waals surface area (Å²) in [5, 5.41) is 1.15. The van der Waals surface area contributed by atoms with Crippen molar-refractivity contribution >= 4 is 39.3 Å². The Labute approximate surface area is 139 Å². The summed E-state index contributed by atoms with van der Waals surface area (Å²) in [4.78, 5) is 12.0. The van der Waals surface area contributed by atoms with Crippen molar-refractivity contribution in [1.82, 2.24) is 15.2 Å². The average Bonchev–Trinajstić information content (AvgIpc) is 2.65. The number of allylic oxidation sites excluding steroid dienone is 1. The molecule has 2 rings (SSSR count). The Balaban J connectivity index is 2.27. The predicted molar refractivity (Wildman–Crippen MR) is 85.0 cm³/mol. The fraction of sp³-hybridized carbons (Fsp3) is 0.308. The molecule has 0 saturated heterocycles. The van der Waals surface area contributed by atoms with Crippen LogP contribution in [0.2, 0.25) is 10.0 Å². The summed E-state index contributed by atoms with van der Waals surface area (Å²) in [5.41, 5.74) is 2.89. The molecule has 6 nitrogen and oxygen atoms in total. The lowest BCUT2D eigenvalue weighted by Gasteiger charge is -2.30. The minimum absolute atomic E-state index is 0.0918. The van der Waals surface area contributed by atoms with E-state index in [2.05, 4.69) is 5.43 Å². The van der Waals surface area contributed by atoms with Gasteiger partial charge in [-0.15, -0.1) is 0 Å². The molecule has 0 radical (unpaired) electrons. The number of halogens is 2. The molecule has 0 aliphatic carbocycles. The van der Waals surface area contributed by atoms with Gasteiger partial charge < -0.3 is 0 Å². The third-order valence-electron chi connectivity index (χ3n) is 3.06. The maximum Gasteiger partial charge on any atom is 0.350 e. The van der Waals surface area contributed by atoms with E-state index in [4.69, 9.17) is 23.2 Å². The highest BCUT2D eigenvalue weighted by Crippen LogP contribution is 2.29. The van der Waals surface area contributed by atoms with Crippen LogP contribution in [0.1, 0.15) is 20.8 Å². The Morgan fingerprint density at radius 3 is 2.50 bits per heavy atom. The second kappa shape index (κ2) is 5.64. The fourth-order valence-electron chi connectivity index (χ4n) is 2.17. The van der Waals surface area contributed by atoms with E-state index in [0.717, 1.165) is 5.70 Å². The van der Waals surface area contributed by atoms with Crippen molar-refractivity contribution in [2.45, 2.75) is 31.2 Å². The van der Waals surface area contributed by atoms with Gasteiger partial charge in [-0.2, -0.15) is 0 Å². The van der Waals surface area contributed by atoms with E-state index in [1.54, 1.807) is 20.8 Å². The highest BCUT2D eigenvalue weighted by molar-refractivity contribution is 7.90. The molecule has 2 amide bonds. The van der Waals surface area contributed by atoms with Crippen LogP contribution in [-0.4, -0.2) is 25.0 Å². The zero-order valence-electron chi connectivity index (χ0n) is 12.1. The molecule has 1 aromatic carbocycles. The van der Waals surface area contributed by atoms with E-state index in [1.807, 2.05) is 10.8 Å². The number of amides is 2. The van der Waals surface area contributed by atoms with Gasteiger partial charge in [0.25, 0.3) is 10.0 Å². The Morgan fingerprint density at radius 2 is 1.95 bits per heavy atom. The number of rotatable bonds is 2. The molecule has 0 aromatic heterocycles. The number of nitrogens with one attached hydrogen (secondary N) is 2. The molecule has 2 N–H and O–H groups in total. The molecular formula is C13H15Cl2N3O3S. The van der Waals surface area contributed by atoms with Crippen LogP contribution in [-0.2, 0) is 10.0 Å². The number of carbonyl (C=O) groups excluding carboxylic acids is 1. The van der Waals surface area contributed by atoms with E-state index >= 15 is 0 Å². The Hall–Kier alpha value is -1.44. The van der Waals surface area contributed by atoms with Crippen molar-refractivity contribution in [3.8, 4) is 0 Å². The molecule has 0 spiro atoms. The summed E-state index contributed by atoms with van der Waals surface area (Å²) in [6.45, 7) is 5.32. The molecule has 1 aromatic rings.